The maximum atomic E-state index is 11.1. The van der Waals surface area contributed by atoms with Crippen LogP contribution in [0.5, 0.6) is 0 Å². The second-order valence-electron chi connectivity index (χ2n) is 4.24. The lowest BCUT2D eigenvalue weighted by molar-refractivity contribution is -0.138. The van der Waals surface area contributed by atoms with Crippen LogP contribution in [-0.2, 0) is 4.79 Å². The van der Waals surface area contributed by atoms with Crippen LogP contribution in [0.25, 0.3) is 6.08 Å². The molecule has 1 atom stereocenters. The number of carboxylic acids is 1. The first-order valence-corrected chi connectivity index (χ1v) is 6.47. The molecule has 0 fully saturated rings. The lowest BCUT2D eigenvalue weighted by Gasteiger charge is -2.05. The maximum absolute atomic E-state index is 11.1. The Kier molecular flexibility index (Phi) is 7.20. The molecule has 7 heteroatoms. The van der Waals surface area contributed by atoms with Crippen molar-refractivity contribution < 1.29 is 9.90 Å². The molecule has 0 aliphatic heterocycles. The monoisotopic (exact) mass is 289 g/mol. The summed E-state index contributed by atoms with van der Waals surface area (Å²) in [6, 6.07) is 2.89. The maximum Gasteiger partial charge on any atom is 0.328 e. The molecule has 1 aromatic rings. The highest BCUT2D eigenvalue weighted by Gasteiger charge is 2.13. The third kappa shape index (κ3) is 7.46. The fraction of sp³-hybridized carbons (Fsp3) is 0.286. The first kappa shape index (κ1) is 16.4. The molecule has 1 heterocycles. The normalized spacial score (nSPS) is 12.6. The molecule has 0 saturated carbocycles. The molecular weight excluding hydrogens is 270 g/mol. The smallest absolute Gasteiger partial charge is 0.328 e. The number of nitrogens with two attached hydrogens (primary N) is 2. The first-order chi connectivity index (χ1) is 10.1. The molecule has 7 nitrogen and oxygen atoms in total. The number of rotatable bonds is 8. The third-order valence-corrected chi connectivity index (χ3v) is 2.56. The van der Waals surface area contributed by atoms with Crippen molar-refractivity contribution >= 4 is 24.2 Å². The van der Waals surface area contributed by atoms with Crippen molar-refractivity contribution in [2.24, 2.45) is 21.5 Å². The Balaban J connectivity index is 2.46. The van der Waals surface area contributed by atoms with Gasteiger partial charge >= 0.3 is 5.97 Å². The van der Waals surface area contributed by atoms with Crippen LogP contribution >= 0.6 is 0 Å². The van der Waals surface area contributed by atoms with Crippen molar-refractivity contribution in [2.75, 3.05) is 6.54 Å². The van der Waals surface area contributed by atoms with Gasteiger partial charge in [0.2, 0.25) is 0 Å². The second kappa shape index (κ2) is 9.24. The van der Waals surface area contributed by atoms with E-state index in [0.29, 0.717) is 19.4 Å². The summed E-state index contributed by atoms with van der Waals surface area (Å²) in [4.78, 5) is 22.8. The molecule has 1 rings (SSSR count). The van der Waals surface area contributed by atoms with E-state index in [1.54, 1.807) is 18.5 Å². The molecule has 0 aromatic carbocycles. The van der Waals surface area contributed by atoms with E-state index in [2.05, 4.69) is 15.0 Å². The van der Waals surface area contributed by atoms with Gasteiger partial charge in [-0.05, 0) is 36.6 Å². The summed E-state index contributed by atoms with van der Waals surface area (Å²) < 4.78 is 0. The third-order valence-electron chi connectivity index (χ3n) is 2.56. The Morgan fingerprint density at radius 3 is 2.71 bits per heavy atom. The quantitative estimate of drug-likeness (QED) is 0.368. The number of carboxylic acid groups (broad SMARTS) is 1. The number of hydrogen-bond acceptors (Lipinski definition) is 4. The molecule has 1 unspecified atom stereocenters. The van der Waals surface area contributed by atoms with Gasteiger partial charge in [-0.25, -0.2) is 4.79 Å². The van der Waals surface area contributed by atoms with Crippen LogP contribution in [0.15, 0.2) is 40.6 Å². The topological polar surface area (TPSA) is 127 Å². The van der Waals surface area contributed by atoms with E-state index in [0.717, 1.165) is 5.56 Å². The summed E-state index contributed by atoms with van der Waals surface area (Å²) in [6.45, 7) is 0.397. The summed E-state index contributed by atoms with van der Waals surface area (Å²) in [5.74, 6) is -0.959. The van der Waals surface area contributed by atoms with Gasteiger partial charge in [-0.2, -0.15) is 0 Å². The number of pyridine rings is 1. The van der Waals surface area contributed by atoms with Crippen molar-refractivity contribution in [1.82, 2.24) is 4.98 Å². The summed E-state index contributed by atoms with van der Waals surface area (Å²) in [7, 11) is 0. The predicted octanol–water partition coefficient (Wildman–Crippen LogP) is 0.672. The standard InChI is InChI=1S/C14H19N5O2/c15-14(16)19-8-2-4-12(13(20)21)18-7-1-3-11-5-9-17-10-6-11/h1,3,5-7,9-10,12H,2,4,8H2,(H,20,21)(H4,15,16,19)/b3-1+,18-7?. The van der Waals surface area contributed by atoms with E-state index < -0.39 is 12.0 Å². The predicted molar refractivity (Wildman–Crippen MR) is 83.1 cm³/mol. The highest BCUT2D eigenvalue weighted by molar-refractivity contribution is 5.82. The van der Waals surface area contributed by atoms with Crippen molar-refractivity contribution in [3.05, 3.63) is 36.2 Å². The Morgan fingerprint density at radius 2 is 2.10 bits per heavy atom. The molecule has 0 radical (unpaired) electrons. The molecule has 0 aliphatic rings. The number of nitrogens with zero attached hydrogens (tertiary/aromatic N) is 3. The minimum atomic E-state index is -0.965. The average molecular weight is 289 g/mol. The highest BCUT2D eigenvalue weighted by Crippen LogP contribution is 2.03. The Hall–Kier alpha value is -2.70. The van der Waals surface area contributed by atoms with E-state index in [4.69, 9.17) is 16.6 Å². The Labute approximate surface area is 123 Å². The van der Waals surface area contributed by atoms with Gasteiger partial charge in [-0.3, -0.25) is 15.0 Å². The number of allylic oxidation sites excluding steroid dienone is 1. The van der Waals surface area contributed by atoms with Gasteiger partial charge in [-0.15, -0.1) is 0 Å². The zero-order valence-electron chi connectivity index (χ0n) is 11.6. The highest BCUT2D eigenvalue weighted by atomic mass is 16.4. The number of aliphatic carboxylic acids is 1. The van der Waals surface area contributed by atoms with E-state index in [1.165, 1.54) is 6.21 Å². The molecule has 0 spiro atoms. The minimum Gasteiger partial charge on any atom is -0.480 e. The zero-order chi connectivity index (χ0) is 15.5. The number of guanidine groups is 1. The van der Waals surface area contributed by atoms with Gasteiger partial charge in [0, 0.05) is 25.2 Å². The van der Waals surface area contributed by atoms with Crippen LogP contribution in [-0.4, -0.2) is 40.8 Å². The van der Waals surface area contributed by atoms with E-state index in [-0.39, 0.29) is 5.96 Å². The van der Waals surface area contributed by atoms with Gasteiger partial charge < -0.3 is 16.6 Å². The van der Waals surface area contributed by atoms with Crippen LogP contribution in [0.1, 0.15) is 18.4 Å². The largest absolute Gasteiger partial charge is 0.480 e. The van der Waals surface area contributed by atoms with E-state index in [9.17, 15) is 4.79 Å². The Bertz CT molecular complexity index is 521. The summed E-state index contributed by atoms with van der Waals surface area (Å²) in [5.41, 5.74) is 11.4. The molecule has 0 bridgehead atoms. The van der Waals surface area contributed by atoms with Crippen molar-refractivity contribution in [2.45, 2.75) is 18.9 Å². The van der Waals surface area contributed by atoms with Gasteiger partial charge in [-0.1, -0.05) is 6.08 Å². The number of hydrogen-bond donors (Lipinski definition) is 3. The van der Waals surface area contributed by atoms with Gasteiger partial charge in [0.05, 0.1) is 0 Å². The average Bonchev–Trinajstić information content (AvgIpc) is 2.46. The van der Waals surface area contributed by atoms with Crippen LogP contribution in [0.3, 0.4) is 0 Å². The number of aliphatic imine (C=N–C) groups is 2. The molecule has 1 aromatic heterocycles. The summed E-state index contributed by atoms with van der Waals surface area (Å²) >= 11 is 0. The molecular formula is C14H19N5O2. The van der Waals surface area contributed by atoms with Crippen LogP contribution in [0.2, 0.25) is 0 Å². The molecule has 5 N–H and O–H groups in total. The molecule has 0 amide bonds. The van der Waals surface area contributed by atoms with Crippen molar-refractivity contribution in [3.63, 3.8) is 0 Å². The van der Waals surface area contributed by atoms with Gasteiger partial charge in [0.1, 0.15) is 6.04 Å². The van der Waals surface area contributed by atoms with Crippen molar-refractivity contribution in [1.29, 1.82) is 0 Å². The van der Waals surface area contributed by atoms with E-state index in [1.807, 2.05) is 18.2 Å². The first-order valence-electron chi connectivity index (χ1n) is 6.47. The molecule has 112 valence electrons. The molecule has 21 heavy (non-hydrogen) atoms. The zero-order valence-corrected chi connectivity index (χ0v) is 11.6. The fourth-order valence-electron chi connectivity index (χ4n) is 1.54. The van der Waals surface area contributed by atoms with Crippen LogP contribution in [0, 0.1) is 0 Å². The van der Waals surface area contributed by atoms with Crippen molar-refractivity contribution in [3.8, 4) is 0 Å². The van der Waals surface area contributed by atoms with E-state index >= 15 is 0 Å². The van der Waals surface area contributed by atoms with Gasteiger partial charge in [0.15, 0.2) is 5.96 Å². The lowest BCUT2D eigenvalue weighted by atomic mass is 10.1. The minimum absolute atomic E-state index is 0.00524. The fourth-order valence-corrected chi connectivity index (χ4v) is 1.54. The molecule has 0 aliphatic carbocycles. The van der Waals surface area contributed by atoms with Crippen LogP contribution < -0.4 is 11.5 Å². The number of carbonyl (C=O) groups is 1. The van der Waals surface area contributed by atoms with Crippen LogP contribution in [0.4, 0.5) is 0 Å². The summed E-state index contributed by atoms with van der Waals surface area (Å²) in [5, 5.41) is 9.07. The van der Waals surface area contributed by atoms with Gasteiger partial charge in [0.25, 0.3) is 0 Å². The molecule has 0 saturated heterocycles. The second-order valence-corrected chi connectivity index (χ2v) is 4.24. The Morgan fingerprint density at radius 1 is 1.38 bits per heavy atom. The number of aromatic nitrogens is 1. The SMILES string of the molecule is NC(N)=NCCCC(N=C/C=C/c1ccncc1)C(=O)O. The summed E-state index contributed by atoms with van der Waals surface area (Å²) in [6.07, 6.45) is 9.30. The lowest BCUT2D eigenvalue weighted by Crippen LogP contribution is -2.23.